The minimum atomic E-state index is -0.447. The van der Waals surface area contributed by atoms with Crippen LogP contribution in [0.4, 0.5) is 5.69 Å². The normalized spacial score (nSPS) is 10.5. The molecular weight excluding hydrogens is 342 g/mol. The first kappa shape index (κ1) is 18.4. The van der Waals surface area contributed by atoms with Crippen LogP contribution in [0.2, 0.25) is 0 Å². The van der Waals surface area contributed by atoms with E-state index in [-0.39, 0.29) is 17.0 Å². The Balaban J connectivity index is 1.97. The monoisotopic (exact) mass is 363 g/mol. The van der Waals surface area contributed by atoms with Gasteiger partial charge in [0, 0.05) is 5.69 Å². The van der Waals surface area contributed by atoms with Gasteiger partial charge in [0.25, 0.3) is 11.5 Å². The Labute approximate surface area is 157 Å². The van der Waals surface area contributed by atoms with Gasteiger partial charge in [0.2, 0.25) is 0 Å². The molecule has 0 aliphatic heterocycles. The van der Waals surface area contributed by atoms with Crippen molar-refractivity contribution in [3.05, 3.63) is 81.8 Å². The zero-order valence-electron chi connectivity index (χ0n) is 15.5. The molecule has 0 atom stereocenters. The molecular formula is C21H21N3O3. The summed E-state index contributed by atoms with van der Waals surface area (Å²) >= 11 is 0. The summed E-state index contributed by atoms with van der Waals surface area (Å²) in [7, 11) is 1.40. The summed E-state index contributed by atoms with van der Waals surface area (Å²) in [6.45, 7) is 4.02. The second-order valence-corrected chi connectivity index (χ2v) is 6.15. The van der Waals surface area contributed by atoms with Gasteiger partial charge in [-0.2, -0.15) is 9.78 Å². The fourth-order valence-corrected chi connectivity index (χ4v) is 2.64. The van der Waals surface area contributed by atoms with E-state index in [2.05, 4.69) is 17.3 Å². The van der Waals surface area contributed by atoms with Crippen LogP contribution in [-0.2, 0) is 6.42 Å². The van der Waals surface area contributed by atoms with Crippen molar-refractivity contribution in [2.45, 2.75) is 20.3 Å². The number of carbonyl (C=O) groups excluding carboxylic acids is 1. The van der Waals surface area contributed by atoms with Gasteiger partial charge >= 0.3 is 0 Å². The van der Waals surface area contributed by atoms with Gasteiger partial charge in [-0.05, 0) is 43.2 Å². The third-order valence-corrected chi connectivity index (χ3v) is 4.23. The summed E-state index contributed by atoms with van der Waals surface area (Å²) in [5, 5.41) is 7.03. The Morgan fingerprint density at radius 2 is 1.78 bits per heavy atom. The molecule has 3 rings (SSSR count). The highest BCUT2D eigenvalue weighted by atomic mass is 16.5. The molecule has 0 aliphatic carbocycles. The highest BCUT2D eigenvalue weighted by Crippen LogP contribution is 2.17. The van der Waals surface area contributed by atoms with Gasteiger partial charge in [-0.1, -0.05) is 36.8 Å². The number of aryl methyl sites for hydroxylation is 2. The van der Waals surface area contributed by atoms with Crippen LogP contribution < -0.4 is 15.6 Å². The van der Waals surface area contributed by atoms with Gasteiger partial charge in [-0.25, -0.2) is 0 Å². The molecule has 0 saturated carbocycles. The molecule has 138 valence electrons. The fourth-order valence-electron chi connectivity index (χ4n) is 2.64. The smallest absolute Gasteiger partial charge is 0.279 e. The maximum atomic E-state index is 12.7. The van der Waals surface area contributed by atoms with E-state index < -0.39 is 5.91 Å². The Hall–Kier alpha value is -3.41. The molecule has 2 aromatic carbocycles. The zero-order valence-corrected chi connectivity index (χ0v) is 15.5. The molecule has 0 unspecified atom stereocenters. The average Bonchev–Trinajstić information content (AvgIpc) is 2.69. The number of nitrogens with one attached hydrogen (secondary N) is 1. The number of hydrogen-bond donors (Lipinski definition) is 1. The number of carbonyl (C=O) groups is 1. The van der Waals surface area contributed by atoms with E-state index in [1.165, 1.54) is 23.4 Å². The van der Waals surface area contributed by atoms with Gasteiger partial charge in [-0.3, -0.25) is 9.59 Å². The predicted octanol–water partition coefficient (Wildman–Crippen LogP) is 3.36. The third-order valence-electron chi connectivity index (χ3n) is 4.23. The Kier molecular flexibility index (Phi) is 5.35. The van der Waals surface area contributed by atoms with Crippen molar-refractivity contribution in [1.29, 1.82) is 0 Å². The number of methoxy groups -OCH3 is 1. The van der Waals surface area contributed by atoms with E-state index in [4.69, 9.17) is 4.74 Å². The predicted molar refractivity (Wildman–Crippen MR) is 105 cm³/mol. The van der Waals surface area contributed by atoms with Crippen molar-refractivity contribution < 1.29 is 9.53 Å². The van der Waals surface area contributed by atoms with Gasteiger partial charge in [0.15, 0.2) is 11.4 Å². The van der Waals surface area contributed by atoms with E-state index in [1.54, 1.807) is 12.1 Å². The second-order valence-electron chi connectivity index (χ2n) is 6.15. The van der Waals surface area contributed by atoms with Crippen molar-refractivity contribution in [1.82, 2.24) is 9.78 Å². The van der Waals surface area contributed by atoms with Crippen molar-refractivity contribution in [2.24, 2.45) is 0 Å². The van der Waals surface area contributed by atoms with E-state index in [0.717, 1.165) is 12.0 Å². The number of benzene rings is 2. The number of ether oxygens (including phenoxy) is 1. The standard InChI is InChI=1S/C21H21N3O3/c1-4-15-7-9-16(10-8-15)22-21(26)20-18(27-3)13-19(25)24(23-20)17-11-5-14(2)6-12-17/h5-13H,4H2,1-3H3,(H,22,26). The molecule has 1 heterocycles. The number of amides is 1. The third kappa shape index (κ3) is 4.06. The summed E-state index contributed by atoms with van der Waals surface area (Å²) < 4.78 is 6.39. The van der Waals surface area contributed by atoms with E-state index >= 15 is 0 Å². The molecule has 27 heavy (non-hydrogen) atoms. The first-order valence-corrected chi connectivity index (χ1v) is 8.67. The molecule has 1 amide bonds. The highest BCUT2D eigenvalue weighted by molar-refractivity contribution is 6.04. The fraction of sp³-hybridized carbons (Fsp3) is 0.190. The lowest BCUT2D eigenvalue weighted by Crippen LogP contribution is -2.26. The molecule has 6 heteroatoms. The van der Waals surface area contributed by atoms with Crippen LogP contribution in [0, 0.1) is 6.92 Å². The zero-order chi connectivity index (χ0) is 19.4. The summed E-state index contributed by atoms with van der Waals surface area (Å²) in [6.07, 6.45) is 0.922. The van der Waals surface area contributed by atoms with Crippen LogP contribution in [0.15, 0.2) is 59.4 Å². The summed E-state index contributed by atoms with van der Waals surface area (Å²) in [5.41, 5.74) is 3.13. The number of aromatic nitrogens is 2. The minimum Gasteiger partial charge on any atom is -0.494 e. The van der Waals surface area contributed by atoms with Crippen LogP contribution >= 0.6 is 0 Å². The summed E-state index contributed by atoms with van der Waals surface area (Å²) in [4.78, 5) is 25.1. The first-order valence-electron chi connectivity index (χ1n) is 8.67. The Morgan fingerprint density at radius 3 is 2.37 bits per heavy atom. The van der Waals surface area contributed by atoms with E-state index in [0.29, 0.717) is 11.4 Å². The lowest BCUT2D eigenvalue weighted by atomic mass is 10.1. The topological polar surface area (TPSA) is 73.2 Å². The van der Waals surface area contributed by atoms with Crippen molar-refractivity contribution in [2.75, 3.05) is 12.4 Å². The van der Waals surface area contributed by atoms with Gasteiger partial charge < -0.3 is 10.1 Å². The lowest BCUT2D eigenvalue weighted by Gasteiger charge is -2.12. The number of anilines is 1. The molecule has 3 aromatic rings. The molecule has 0 bridgehead atoms. The summed E-state index contributed by atoms with van der Waals surface area (Å²) in [6, 6.07) is 16.1. The Morgan fingerprint density at radius 1 is 1.11 bits per heavy atom. The van der Waals surface area contributed by atoms with Crippen LogP contribution in [0.5, 0.6) is 5.75 Å². The largest absolute Gasteiger partial charge is 0.494 e. The Bertz CT molecular complexity index is 1010. The molecule has 0 aliphatic rings. The number of hydrogen-bond acceptors (Lipinski definition) is 4. The highest BCUT2D eigenvalue weighted by Gasteiger charge is 2.18. The minimum absolute atomic E-state index is 0.0391. The van der Waals surface area contributed by atoms with Gasteiger partial charge in [-0.15, -0.1) is 0 Å². The van der Waals surface area contributed by atoms with E-state index in [1.807, 2.05) is 43.3 Å². The molecule has 6 nitrogen and oxygen atoms in total. The van der Waals surface area contributed by atoms with Crippen LogP contribution in [0.25, 0.3) is 5.69 Å². The molecule has 0 radical (unpaired) electrons. The lowest BCUT2D eigenvalue weighted by molar-refractivity contribution is 0.101. The molecule has 0 fully saturated rings. The maximum Gasteiger partial charge on any atom is 0.279 e. The van der Waals surface area contributed by atoms with Crippen LogP contribution in [0.1, 0.15) is 28.5 Å². The summed E-state index contributed by atoms with van der Waals surface area (Å²) in [5.74, 6) is -0.317. The first-order chi connectivity index (χ1) is 13.0. The quantitative estimate of drug-likeness (QED) is 0.754. The van der Waals surface area contributed by atoms with Gasteiger partial charge in [0.1, 0.15) is 0 Å². The number of rotatable bonds is 5. The second kappa shape index (κ2) is 7.86. The SMILES string of the molecule is CCc1ccc(NC(=O)c2nn(-c3ccc(C)cc3)c(=O)cc2OC)cc1. The van der Waals surface area contributed by atoms with Crippen LogP contribution in [-0.4, -0.2) is 22.8 Å². The molecule has 0 saturated heterocycles. The average molecular weight is 363 g/mol. The molecule has 1 aromatic heterocycles. The molecule has 1 N–H and O–H groups in total. The van der Waals surface area contributed by atoms with Gasteiger partial charge in [0.05, 0.1) is 18.9 Å². The van der Waals surface area contributed by atoms with Crippen molar-refractivity contribution >= 4 is 11.6 Å². The molecule has 0 spiro atoms. The number of nitrogens with zero attached hydrogens (tertiary/aromatic N) is 2. The maximum absolute atomic E-state index is 12.7. The van der Waals surface area contributed by atoms with Crippen molar-refractivity contribution in [3.63, 3.8) is 0 Å². The van der Waals surface area contributed by atoms with Crippen LogP contribution in [0.3, 0.4) is 0 Å². The van der Waals surface area contributed by atoms with E-state index in [9.17, 15) is 9.59 Å². The van der Waals surface area contributed by atoms with Crippen molar-refractivity contribution in [3.8, 4) is 11.4 Å².